The van der Waals surface area contributed by atoms with Gasteiger partial charge in [-0.2, -0.15) is 0 Å². The van der Waals surface area contributed by atoms with Crippen molar-refractivity contribution in [2.24, 2.45) is 0 Å². The van der Waals surface area contributed by atoms with E-state index in [0.717, 1.165) is 27.6 Å². The van der Waals surface area contributed by atoms with Crippen molar-refractivity contribution in [3.63, 3.8) is 0 Å². The first kappa shape index (κ1) is 28.6. The second-order valence-corrected chi connectivity index (χ2v) is 11.1. The van der Waals surface area contributed by atoms with Crippen molar-refractivity contribution in [1.82, 2.24) is 10.2 Å². The van der Waals surface area contributed by atoms with E-state index in [0.29, 0.717) is 28.8 Å². The van der Waals surface area contributed by atoms with Gasteiger partial charge in [-0.25, -0.2) is 0 Å². The Labute approximate surface area is 235 Å². The van der Waals surface area contributed by atoms with Gasteiger partial charge in [0.25, 0.3) is 0 Å². The van der Waals surface area contributed by atoms with Crippen molar-refractivity contribution in [1.29, 1.82) is 0 Å². The number of amides is 2. The molecule has 0 aliphatic carbocycles. The highest BCUT2D eigenvalue weighted by molar-refractivity contribution is 9.10. The fourth-order valence-electron chi connectivity index (χ4n) is 3.67. The number of halogens is 3. The van der Waals surface area contributed by atoms with E-state index in [1.165, 1.54) is 11.8 Å². The third-order valence-corrected chi connectivity index (χ3v) is 7.69. The first-order valence-corrected chi connectivity index (χ1v) is 14.4. The summed E-state index contributed by atoms with van der Waals surface area (Å²) in [5.74, 6) is 0.654. The number of carbonyl (C=O) groups is 2. The standard InChI is InChI=1S/C28H29BrCl2N2O2S/c1-2-14-32-28(35)26(15-20-6-4-3-5-7-20)33(17-22-10-13-24(30)16-25(22)31)27(34)19-36-18-21-8-11-23(29)12-9-21/h3-13,16,26H,2,14-15,17-19H2,1H3,(H,32,35)/t26-/m1/s1. The van der Waals surface area contributed by atoms with Gasteiger partial charge in [0.15, 0.2) is 0 Å². The molecule has 0 aromatic heterocycles. The summed E-state index contributed by atoms with van der Waals surface area (Å²) < 4.78 is 1.01. The van der Waals surface area contributed by atoms with E-state index in [-0.39, 0.29) is 24.1 Å². The van der Waals surface area contributed by atoms with Gasteiger partial charge in [0.05, 0.1) is 5.75 Å². The fraction of sp³-hybridized carbons (Fsp3) is 0.286. The molecule has 0 heterocycles. The zero-order chi connectivity index (χ0) is 25.9. The fourth-order valence-corrected chi connectivity index (χ4v) is 5.28. The monoisotopic (exact) mass is 606 g/mol. The van der Waals surface area contributed by atoms with Crippen molar-refractivity contribution >= 4 is 62.7 Å². The molecular formula is C28H29BrCl2N2O2S. The molecule has 0 unspecified atom stereocenters. The van der Waals surface area contributed by atoms with Crippen molar-refractivity contribution in [2.45, 2.75) is 38.1 Å². The number of hydrogen-bond donors (Lipinski definition) is 1. The second-order valence-electron chi connectivity index (χ2n) is 8.37. The van der Waals surface area contributed by atoms with Crippen LogP contribution in [0.25, 0.3) is 0 Å². The van der Waals surface area contributed by atoms with E-state index in [4.69, 9.17) is 23.2 Å². The lowest BCUT2D eigenvalue weighted by Gasteiger charge is -2.32. The first-order valence-electron chi connectivity index (χ1n) is 11.7. The Bertz CT molecular complexity index is 1150. The van der Waals surface area contributed by atoms with Gasteiger partial charge in [-0.1, -0.05) is 94.6 Å². The van der Waals surface area contributed by atoms with E-state index in [1.807, 2.05) is 67.6 Å². The number of hydrogen-bond acceptors (Lipinski definition) is 3. The Hall–Kier alpha value is -1.99. The van der Waals surface area contributed by atoms with Gasteiger partial charge >= 0.3 is 0 Å². The Morgan fingerprint density at radius 3 is 2.39 bits per heavy atom. The van der Waals surface area contributed by atoms with E-state index < -0.39 is 6.04 Å². The minimum atomic E-state index is -0.675. The lowest BCUT2D eigenvalue weighted by atomic mass is 10.0. The van der Waals surface area contributed by atoms with E-state index in [2.05, 4.69) is 21.2 Å². The Morgan fingerprint density at radius 2 is 1.72 bits per heavy atom. The summed E-state index contributed by atoms with van der Waals surface area (Å²) >= 11 is 17.5. The zero-order valence-electron chi connectivity index (χ0n) is 20.1. The average Bonchev–Trinajstić information content (AvgIpc) is 2.87. The molecule has 1 N–H and O–H groups in total. The van der Waals surface area contributed by atoms with E-state index in [1.54, 1.807) is 17.0 Å². The molecule has 0 spiro atoms. The van der Waals surface area contributed by atoms with Gasteiger partial charge in [-0.05, 0) is 47.4 Å². The summed E-state index contributed by atoms with van der Waals surface area (Å²) in [4.78, 5) is 28.6. The van der Waals surface area contributed by atoms with Gasteiger partial charge in [0.1, 0.15) is 6.04 Å². The highest BCUT2D eigenvalue weighted by atomic mass is 79.9. The minimum Gasteiger partial charge on any atom is -0.354 e. The number of carbonyl (C=O) groups excluding carboxylic acids is 2. The SMILES string of the molecule is CCCNC(=O)[C@@H](Cc1ccccc1)N(Cc1ccc(Cl)cc1Cl)C(=O)CSCc1ccc(Br)cc1. The topological polar surface area (TPSA) is 49.4 Å². The summed E-state index contributed by atoms with van der Waals surface area (Å²) in [5, 5.41) is 3.98. The molecule has 3 aromatic rings. The molecule has 0 aliphatic rings. The van der Waals surface area contributed by atoms with Crippen molar-refractivity contribution in [2.75, 3.05) is 12.3 Å². The zero-order valence-corrected chi connectivity index (χ0v) is 24.0. The summed E-state index contributed by atoms with van der Waals surface area (Å²) in [6.45, 7) is 2.76. The first-order chi connectivity index (χ1) is 17.4. The lowest BCUT2D eigenvalue weighted by molar-refractivity contribution is -0.139. The molecule has 0 saturated heterocycles. The van der Waals surface area contributed by atoms with Crippen LogP contribution in [-0.4, -0.2) is 35.1 Å². The Morgan fingerprint density at radius 1 is 1.00 bits per heavy atom. The number of nitrogens with zero attached hydrogens (tertiary/aromatic N) is 1. The largest absolute Gasteiger partial charge is 0.354 e. The van der Waals surface area contributed by atoms with Crippen LogP contribution in [0.1, 0.15) is 30.0 Å². The van der Waals surface area contributed by atoms with Crippen LogP contribution < -0.4 is 5.32 Å². The van der Waals surface area contributed by atoms with Crippen molar-refractivity contribution in [3.05, 3.63) is 104 Å². The number of benzene rings is 3. The smallest absolute Gasteiger partial charge is 0.243 e. The van der Waals surface area contributed by atoms with Crippen LogP contribution in [0.5, 0.6) is 0 Å². The summed E-state index contributed by atoms with van der Waals surface area (Å²) in [7, 11) is 0. The molecule has 190 valence electrons. The van der Waals surface area contributed by atoms with Crippen LogP contribution in [0.4, 0.5) is 0 Å². The van der Waals surface area contributed by atoms with Gasteiger partial charge in [0, 0.05) is 39.8 Å². The average molecular weight is 608 g/mol. The third kappa shape index (κ3) is 8.84. The number of rotatable bonds is 12. The Balaban J connectivity index is 1.85. The van der Waals surface area contributed by atoms with Crippen LogP contribution in [-0.2, 0) is 28.3 Å². The molecule has 36 heavy (non-hydrogen) atoms. The lowest BCUT2D eigenvalue weighted by Crippen LogP contribution is -2.51. The maximum Gasteiger partial charge on any atom is 0.243 e. The van der Waals surface area contributed by atoms with Crippen LogP contribution in [0, 0.1) is 0 Å². The van der Waals surface area contributed by atoms with Crippen molar-refractivity contribution < 1.29 is 9.59 Å². The molecule has 0 fully saturated rings. The Kier molecular flexibility index (Phi) is 11.6. The highest BCUT2D eigenvalue weighted by Gasteiger charge is 2.30. The summed E-state index contributed by atoms with van der Waals surface area (Å²) in [6.07, 6.45) is 1.22. The summed E-state index contributed by atoms with van der Waals surface area (Å²) in [5.41, 5.74) is 2.86. The molecule has 3 aromatic carbocycles. The normalized spacial score (nSPS) is 11.7. The van der Waals surface area contributed by atoms with E-state index >= 15 is 0 Å². The molecule has 3 rings (SSSR count). The van der Waals surface area contributed by atoms with Crippen LogP contribution in [0.15, 0.2) is 77.3 Å². The highest BCUT2D eigenvalue weighted by Crippen LogP contribution is 2.25. The summed E-state index contributed by atoms with van der Waals surface area (Å²) in [6, 6.07) is 22.3. The molecule has 2 amide bonds. The predicted molar refractivity (Wildman–Crippen MR) is 155 cm³/mol. The maximum atomic E-state index is 13.6. The van der Waals surface area contributed by atoms with E-state index in [9.17, 15) is 9.59 Å². The third-order valence-electron chi connectivity index (χ3n) is 5.58. The minimum absolute atomic E-state index is 0.115. The number of thioether (sulfide) groups is 1. The van der Waals surface area contributed by atoms with Crippen LogP contribution in [0.2, 0.25) is 10.0 Å². The maximum absolute atomic E-state index is 13.6. The molecule has 8 heteroatoms. The molecule has 0 bridgehead atoms. The molecule has 4 nitrogen and oxygen atoms in total. The molecule has 1 atom stereocenters. The quantitative estimate of drug-likeness (QED) is 0.238. The molecule has 0 aliphatic heterocycles. The molecule has 0 saturated carbocycles. The molecular weight excluding hydrogens is 579 g/mol. The van der Waals surface area contributed by atoms with Gasteiger partial charge in [-0.3, -0.25) is 9.59 Å². The second kappa shape index (κ2) is 14.7. The predicted octanol–water partition coefficient (Wildman–Crippen LogP) is 7.16. The molecule has 0 radical (unpaired) electrons. The number of nitrogens with one attached hydrogen (secondary N) is 1. The van der Waals surface area contributed by atoms with Gasteiger partial charge in [0.2, 0.25) is 11.8 Å². The van der Waals surface area contributed by atoms with Gasteiger partial charge < -0.3 is 10.2 Å². The van der Waals surface area contributed by atoms with Crippen molar-refractivity contribution in [3.8, 4) is 0 Å². The van der Waals surface area contributed by atoms with Crippen LogP contribution >= 0.6 is 50.9 Å². The van der Waals surface area contributed by atoms with Crippen LogP contribution in [0.3, 0.4) is 0 Å². The van der Waals surface area contributed by atoms with Gasteiger partial charge in [-0.15, -0.1) is 11.8 Å².